The van der Waals surface area contributed by atoms with Crippen LogP contribution >= 0.6 is 0 Å². The van der Waals surface area contributed by atoms with Gasteiger partial charge in [0, 0.05) is 46.3 Å². The molecule has 3 rings (SSSR count). The molecule has 0 aromatic heterocycles. The van der Waals surface area contributed by atoms with Crippen LogP contribution in [0.1, 0.15) is 18.5 Å². The van der Waals surface area contributed by atoms with Crippen molar-refractivity contribution in [1.82, 2.24) is 19.6 Å². The molecule has 0 saturated carbocycles. The van der Waals surface area contributed by atoms with Gasteiger partial charge >= 0.3 is 0 Å². The van der Waals surface area contributed by atoms with Crippen LogP contribution in [0.5, 0.6) is 0 Å². The summed E-state index contributed by atoms with van der Waals surface area (Å²) in [5.41, 5.74) is 0.903. The van der Waals surface area contributed by atoms with Crippen molar-refractivity contribution in [2.24, 2.45) is 0 Å². The third-order valence-electron chi connectivity index (χ3n) is 5.87. The lowest BCUT2D eigenvalue weighted by Crippen LogP contribution is -2.53. The third kappa shape index (κ3) is 5.98. The van der Waals surface area contributed by atoms with Crippen LogP contribution in [0, 0.1) is 5.82 Å². The Morgan fingerprint density at radius 1 is 1.00 bits per heavy atom. The Kier molecular flexibility index (Phi) is 7.57. The summed E-state index contributed by atoms with van der Waals surface area (Å²) in [5.74, 6) is -0.106. The summed E-state index contributed by atoms with van der Waals surface area (Å²) in [6.45, 7) is 8.37. The van der Waals surface area contributed by atoms with Gasteiger partial charge in [-0.25, -0.2) is 4.39 Å². The van der Waals surface area contributed by atoms with Crippen molar-refractivity contribution < 1.29 is 18.7 Å². The topological polar surface area (TPSA) is 56.3 Å². The maximum Gasteiger partial charge on any atom is 0.236 e. The van der Waals surface area contributed by atoms with E-state index >= 15 is 0 Å². The summed E-state index contributed by atoms with van der Waals surface area (Å²) in [7, 11) is 1.78. The molecule has 2 aliphatic rings. The number of amides is 2. The molecule has 1 aromatic carbocycles. The molecule has 0 radical (unpaired) electrons. The minimum atomic E-state index is -0.282. The Hall–Kier alpha value is -2.03. The van der Waals surface area contributed by atoms with Crippen LogP contribution in [-0.4, -0.2) is 104 Å². The Balaban J connectivity index is 1.42. The van der Waals surface area contributed by atoms with E-state index in [0.717, 1.165) is 18.7 Å². The van der Waals surface area contributed by atoms with E-state index < -0.39 is 0 Å². The number of nitrogens with zero attached hydrogens (tertiary/aromatic N) is 4. The lowest BCUT2D eigenvalue weighted by molar-refractivity contribution is -0.136. The van der Waals surface area contributed by atoms with Crippen molar-refractivity contribution in [2.75, 3.05) is 72.6 Å². The van der Waals surface area contributed by atoms with Crippen molar-refractivity contribution in [3.8, 4) is 0 Å². The molecule has 2 saturated heterocycles. The first-order chi connectivity index (χ1) is 13.9. The van der Waals surface area contributed by atoms with E-state index in [4.69, 9.17) is 4.74 Å². The maximum absolute atomic E-state index is 13.1. The van der Waals surface area contributed by atoms with Gasteiger partial charge in [-0.05, 0) is 24.6 Å². The highest BCUT2D eigenvalue weighted by molar-refractivity contribution is 5.79. The van der Waals surface area contributed by atoms with Gasteiger partial charge in [0.2, 0.25) is 11.8 Å². The first-order valence-corrected chi connectivity index (χ1v) is 10.3. The third-order valence-corrected chi connectivity index (χ3v) is 5.87. The number of benzene rings is 1. The van der Waals surface area contributed by atoms with Crippen LogP contribution < -0.4 is 0 Å². The van der Waals surface area contributed by atoms with E-state index in [9.17, 15) is 14.0 Å². The number of halogens is 1. The van der Waals surface area contributed by atoms with Crippen LogP contribution in [0.15, 0.2) is 24.3 Å². The second-order valence-electron chi connectivity index (χ2n) is 7.78. The van der Waals surface area contributed by atoms with Crippen LogP contribution in [0.3, 0.4) is 0 Å². The van der Waals surface area contributed by atoms with Crippen LogP contribution in [0.2, 0.25) is 0 Å². The van der Waals surface area contributed by atoms with Crippen LogP contribution in [0.4, 0.5) is 4.39 Å². The second-order valence-corrected chi connectivity index (χ2v) is 7.78. The Bertz CT molecular complexity index is 686. The lowest BCUT2D eigenvalue weighted by Gasteiger charge is -2.37. The Labute approximate surface area is 172 Å². The highest BCUT2D eigenvalue weighted by Gasteiger charge is 2.26. The standard InChI is InChI=1S/C21H31FN4O3/c1-17(18-3-5-19(22)6-4-18)23(2)20(27)15-24-7-9-26(10-8-24)21(28)16-25-11-13-29-14-12-25/h3-6,17H,7-16H2,1-2H3. The van der Waals surface area contributed by atoms with Gasteiger partial charge in [0.1, 0.15) is 5.82 Å². The molecule has 2 fully saturated rings. The number of hydrogen-bond donors (Lipinski definition) is 0. The molecule has 160 valence electrons. The average molecular weight is 407 g/mol. The predicted molar refractivity (Wildman–Crippen MR) is 108 cm³/mol. The lowest BCUT2D eigenvalue weighted by atomic mass is 10.1. The van der Waals surface area contributed by atoms with E-state index in [0.29, 0.717) is 52.5 Å². The fourth-order valence-corrected chi connectivity index (χ4v) is 3.69. The highest BCUT2D eigenvalue weighted by atomic mass is 19.1. The largest absolute Gasteiger partial charge is 0.379 e. The smallest absolute Gasteiger partial charge is 0.236 e. The number of carbonyl (C=O) groups excluding carboxylic acids is 2. The first kappa shape index (κ1) is 21.7. The van der Waals surface area contributed by atoms with Crippen molar-refractivity contribution in [3.05, 3.63) is 35.6 Å². The second kappa shape index (κ2) is 10.1. The number of rotatable bonds is 6. The number of piperazine rings is 1. The molecule has 0 aliphatic carbocycles. The van der Waals surface area contributed by atoms with Gasteiger partial charge < -0.3 is 14.5 Å². The maximum atomic E-state index is 13.1. The van der Waals surface area contributed by atoms with E-state index in [2.05, 4.69) is 9.80 Å². The number of likely N-dealkylation sites (N-methyl/N-ethyl adjacent to an activating group) is 1. The number of morpholine rings is 1. The minimum absolute atomic E-state index is 0.0231. The van der Waals surface area contributed by atoms with Gasteiger partial charge in [-0.2, -0.15) is 0 Å². The normalized spacial score (nSPS) is 19.8. The molecule has 0 N–H and O–H groups in total. The highest BCUT2D eigenvalue weighted by Crippen LogP contribution is 2.19. The molecule has 1 aromatic rings. The van der Waals surface area contributed by atoms with E-state index in [1.54, 1.807) is 24.1 Å². The molecular weight excluding hydrogens is 375 g/mol. The van der Waals surface area contributed by atoms with Gasteiger partial charge in [0.15, 0.2) is 0 Å². The summed E-state index contributed by atoms with van der Waals surface area (Å²) in [5, 5.41) is 0. The molecule has 2 aliphatic heterocycles. The summed E-state index contributed by atoms with van der Waals surface area (Å²) in [6, 6.07) is 6.12. The number of hydrogen-bond acceptors (Lipinski definition) is 5. The van der Waals surface area contributed by atoms with E-state index in [1.807, 2.05) is 11.8 Å². The van der Waals surface area contributed by atoms with Crippen molar-refractivity contribution in [1.29, 1.82) is 0 Å². The molecule has 0 bridgehead atoms. The number of carbonyl (C=O) groups is 2. The van der Waals surface area contributed by atoms with E-state index in [-0.39, 0.29) is 23.7 Å². The fraction of sp³-hybridized carbons (Fsp3) is 0.619. The molecule has 2 amide bonds. The van der Waals surface area contributed by atoms with Crippen LogP contribution in [0.25, 0.3) is 0 Å². The van der Waals surface area contributed by atoms with Crippen LogP contribution in [-0.2, 0) is 14.3 Å². The monoisotopic (exact) mass is 406 g/mol. The molecule has 29 heavy (non-hydrogen) atoms. The van der Waals surface area contributed by atoms with Crippen molar-refractivity contribution >= 4 is 11.8 Å². The van der Waals surface area contributed by atoms with Gasteiger partial charge in [-0.1, -0.05) is 12.1 Å². The minimum Gasteiger partial charge on any atom is -0.379 e. The predicted octanol–water partition coefficient (Wildman–Crippen LogP) is 0.822. The fourth-order valence-electron chi connectivity index (χ4n) is 3.69. The zero-order chi connectivity index (χ0) is 20.8. The molecule has 8 heteroatoms. The molecule has 2 heterocycles. The zero-order valence-electron chi connectivity index (χ0n) is 17.3. The van der Waals surface area contributed by atoms with Gasteiger partial charge in [-0.3, -0.25) is 19.4 Å². The average Bonchev–Trinajstić information content (AvgIpc) is 2.74. The van der Waals surface area contributed by atoms with Gasteiger partial charge in [-0.15, -0.1) is 0 Å². The summed E-state index contributed by atoms with van der Waals surface area (Å²) in [6.07, 6.45) is 0. The summed E-state index contributed by atoms with van der Waals surface area (Å²) < 4.78 is 18.4. The molecular formula is C21H31FN4O3. The molecule has 7 nitrogen and oxygen atoms in total. The summed E-state index contributed by atoms with van der Waals surface area (Å²) in [4.78, 5) is 33.0. The van der Waals surface area contributed by atoms with Gasteiger partial charge in [0.25, 0.3) is 0 Å². The zero-order valence-corrected chi connectivity index (χ0v) is 17.3. The van der Waals surface area contributed by atoms with E-state index in [1.165, 1.54) is 12.1 Å². The SMILES string of the molecule is CC(c1ccc(F)cc1)N(C)C(=O)CN1CCN(C(=O)CN2CCOCC2)CC1. The summed E-state index contributed by atoms with van der Waals surface area (Å²) >= 11 is 0. The van der Waals surface area contributed by atoms with Crippen molar-refractivity contribution in [3.63, 3.8) is 0 Å². The van der Waals surface area contributed by atoms with Crippen molar-refractivity contribution in [2.45, 2.75) is 13.0 Å². The Morgan fingerprint density at radius 2 is 1.59 bits per heavy atom. The molecule has 1 unspecified atom stereocenters. The quantitative estimate of drug-likeness (QED) is 0.700. The molecule has 0 spiro atoms. The number of ether oxygens (including phenoxy) is 1. The Morgan fingerprint density at radius 3 is 2.21 bits per heavy atom. The first-order valence-electron chi connectivity index (χ1n) is 10.3. The van der Waals surface area contributed by atoms with Gasteiger partial charge in [0.05, 0.1) is 32.3 Å². The molecule has 1 atom stereocenters.